The molecule has 0 aliphatic rings. The van der Waals surface area contributed by atoms with E-state index in [1.54, 1.807) is 26.1 Å². The van der Waals surface area contributed by atoms with Gasteiger partial charge in [-0.25, -0.2) is 9.78 Å². The van der Waals surface area contributed by atoms with Crippen LogP contribution < -0.4 is 5.56 Å². The Morgan fingerprint density at radius 2 is 2.12 bits per heavy atom. The van der Waals surface area contributed by atoms with E-state index in [2.05, 4.69) is 10.1 Å². The second-order valence-corrected chi connectivity index (χ2v) is 6.31. The number of hydrogen-bond acceptors (Lipinski definition) is 5. The molecule has 9 heteroatoms. The van der Waals surface area contributed by atoms with Gasteiger partial charge >= 0.3 is 5.97 Å². The number of esters is 1. The molecular weight excluding hydrogens is 379 g/mol. The number of aromatic nitrogens is 4. The number of carbonyl (C=O) groups excluding carboxylic acids is 1. The number of aryl methyl sites for hydroxylation is 2. The SMILES string of the molecule is Cc1nn(C)c(Cl)c1/C=C/C(=O)OCc1cc(=O)n2cc(Cl)ccc2n1. The Labute approximate surface area is 158 Å². The smallest absolute Gasteiger partial charge is 0.331 e. The lowest BCUT2D eigenvalue weighted by Gasteiger charge is -2.05. The van der Waals surface area contributed by atoms with Crippen molar-refractivity contribution in [2.24, 2.45) is 7.05 Å². The molecule has 0 N–H and O–H groups in total. The first-order valence-corrected chi connectivity index (χ1v) is 8.32. The Morgan fingerprint density at radius 1 is 1.35 bits per heavy atom. The zero-order chi connectivity index (χ0) is 18.8. The van der Waals surface area contributed by atoms with Crippen LogP contribution >= 0.6 is 23.2 Å². The van der Waals surface area contributed by atoms with Gasteiger partial charge in [-0.05, 0) is 25.1 Å². The van der Waals surface area contributed by atoms with Crippen molar-refractivity contribution in [3.63, 3.8) is 0 Å². The van der Waals surface area contributed by atoms with E-state index in [0.29, 0.717) is 32.8 Å². The zero-order valence-electron chi connectivity index (χ0n) is 13.9. The lowest BCUT2D eigenvalue weighted by molar-refractivity contribution is -0.139. The second kappa shape index (κ2) is 7.31. The van der Waals surface area contributed by atoms with Crippen LogP contribution in [-0.4, -0.2) is 25.1 Å². The van der Waals surface area contributed by atoms with Gasteiger partial charge in [0.15, 0.2) is 0 Å². The molecule has 0 amide bonds. The fraction of sp³-hybridized carbons (Fsp3) is 0.176. The predicted molar refractivity (Wildman–Crippen MR) is 98.3 cm³/mol. The average molecular weight is 393 g/mol. The highest BCUT2D eigenvalue weighted by Gasteiger charge is 2.09. The molecule has 0 aliphatic heterocycles. The van der Waals surface area contributed by atoms with Gasteiger partial charge in [-0.3, -0.25) is 13.9 Å². The third kappa shape index (κ3) is 3.79. The second-order valence-electron chi connectivity index (χ2n) is 5.52. The summed E-state index contributed by atoms with van der Waals surface area (Å²) >= 11 is 12.0. The van der Waals surface area contributed by atoms with E-state index in [1.807, 2.05) is 0 Å². The number of nitrogens with zero attached hydrogens (tertiary/aromatic N) is 4. The maximum absolute atomic E-state index is 12.1. The van der Waals surface area contributed by atoms with Gasteiger partial charge in [-0.1, -0.05) is 23.2 Å². The largest absolute Gasteiger partial charge is 0.456 e. The molecule has 3 aromatic rings. The van der Waals surface area contributed by atoms with Crippen LogP contribution in [0.25, 0.3) is 11.7 Å². The summed E-state index contributed by atoms with van der Waals surface area (Å²) in [7, 11) is 1.71. The van der Waals surface area contributed by atoms with Gasteiger partial charge in [-0.2, -0.15) is 5.10 Å². The van der Waals surface area contributed by atoms with Gasteiger partial charge in [0, 0.05) is 31.0 Å². The van der Waals surface area contributed by atoms with Crippen LogP contribution in [-0.2, 0) is 23.2 Å². The van der Waals surface area contributed by atoms with E-state index in [4.69, 9.17) is 27.9 Å². The van der Waals surface area contributed by atoms with Crippen molar-refractivity contribution >= 4 is 40.9 Å². The summed E-state index contributed by atoms with van der Waals surface area (Å²) in [5.74, 6) is -0.581. The van der Waals surface area contributed by atoms with Crippen molar-refractivity contribution in [3.8, 4) is 0 Å². The zero-order valence-corrected chi connectivity index (χ0v) is 15.5. The van der Waals surface area contributed by atoms with E-state index >= 15 is 0 Å². The molecule has 3 rings (SSSR count). The van der Waals surface area contributed by atoms with Gasteiger partial charge in [0.05, 0.1) is 16.4 Å². The Bertz CT molecular complexity index is 1090. The van der Waals surface area contributed by atoms with Crippen LogP contribution in [0.3, 0.4) is 0 Å². The lowest BCUT2D eigenvalue weighted by Crippen LogP contribution is -2.16. The van der Waals surface area contributed by atoms with E-state index in [9.17, 15) is 9.59 Å². The first kappa shape index (κ1) is 18.2. The van der Waals surface area contributed by atoms with Gasteiger partial charge in [0.25, 0.3) is 5.56 Å². The highest BCUT2D eigenvalue weighted by Crippen LogP contribution is 2.20. The summed E-state index contributed by atoms with van der Waals surface area (Å²) in [5.41, 5.74) is 1.79. The van der Waals surface area contributed by atoms with E-state index < -0.39 is 5.97 Å². The summed E-state index contributed by atoms with van der Waals surface area (Å²) in [6.45, 7) is 1.66. The summed E-state index contributed by atoms with van der Waals surface area (Å²) in [5, 5.41) is 5.00. The first-order chi connectivity index (χ1) is 12.3. The van der Waals surface area contributed by atoms with Crippen molar-refractivity contribution in [2.75, 3.05) is 0 Å². The van der Waals surface area contributed by atoms with Gasteiger partial charge in [-0.15, -0.1) is 0 Å². The topological polar surface area (TPSA) is 78.5 Å². The molecule has 0 saturated carbocycles. The fourth-order valence-corrected chi connectivity index (χ4v) is 2.78. The summed E-state index contributed by atoms with van der Waals surface area (Å²) in [6.07, 6.45) is 4.27. The highest BCUT2D eigenvalue weighted by atomic mass is 35.5. The van der Waals surface area contributed by atoms with Crippen LogP contribution in [0.15, 0.2) is 35.3 Å². The Hall–Kier alpha value is -2.64. The molecule has 3 aromatic heterocycles. The molecule has 7 nitrogen and oxygen atoms in total. The standard InChI is InChI=1S/C17H14Cl2N4O3/c1-10-13(17(19)22(2)21-10)4-6-16(25)26-9-12-7-15(24)23-8-11(18)3-5-14(23)20-12/h3-8H,9H2,1-2H3/b6-4+. The van der Waals surface area contributed by atoms with E-state index in [0.717, 1.165) is 0 Å². The van der Waals surface area contributed by atoms with E-state index in [1.165, 1.54) is 33.5 Å². The van der Waals surface area contributed by atoms with Gasteiger partial charge in [0.1, 0.15) is 17.4 Å². The summed E-state index contributed by atoms with van der Waals surface area (Å²) in [6, 6.07) is 4.53. The molecule has 26 heavy (non-hydrogen) atoms. The minimum atomic E-state index is -0.581. The van der Waals surface area contributed by atoms with Crippen LogP contribution in [0.5, 0.6) is 0 Å². The Kier molecular flexibility index (Phi) is 5.11. The number of pyridine rings is 1. The van der Waals surface area contributed by atoms with Crippen LogP contribution in [0, 0.1) is 6.92 Å². The summed E-state index contributed by atoms with van der Waals surface area (Å²) < 4.78 is 7.97. The molecule has 0 aromatic carbocycles. The van der Waals surface area contributed by atoms with Crippen LogP contribution in [0.4, 0.5) is 0 Å². The van der Waals surface area contributed by atoms with Crippen molar-refractivity contribution in [1.29, 1.82) is 0 Å². The molecule has 0 atom stereocenters. The molecule has 0 saturated heterocycles. The average Bonchev–Trinajstić information content (AvgIpc) is 2.84. The number of halogens is 2. The number of fused-ring (bicyclic) bond motifs is 1. The highest BCUT2D eigenvalue weighted by molar-refractivity contribution is 6.31. The first-order valence-electron chi connectivity index (χ1n) is 7.57. The molecular formula is C17H14Cl2N4O3. The lowest BCUT2D eigenvalue weighted by atomic mass is 10.2. The van der Waals surface area contributed by atoms with Crippen molar-refractivity contribution in [2.45, 2.75) is 13.5 Å². The molecule has 0 bridgehead atoms. The quantitative estimate of drug-likeness (QED) is 0.503. The number of carbonyl (C=O) groups is 1. The maximum Gasteiger partial charge on any atom is 0.331 e. The number of ether oxygens (including phenoxy) is 1. The third-order valence-electron chi connectivity index (χ3n) is 3.62. The van der Waals surface area contributed by atoms with E-state index in [-0.39, 0.29) is 12.2 Å². The molecule has 0 radical (unpaired) electrons. The number of rotatable bonds is 4. The maximum atomic E-state index is 12.1. The minimum absolute atomic E-state index is 0.128. The van der Waals surface area contributed by atoms with Gasteiger partial charge in [0.2, 0.25) is 0 Å². The fourth-order valence-electron chi connectivity index (χ4n) is 2.38. The van der Waals surface area contributed by atoms with Crippen molar-refractivity contribution in [1.82, 2.24) is 19.2 Å². The Balaban J connectivity index is 1.71. The Morgan fingerprint density at radius 3 is 2.81 bits per heavy atom. The normalized spacial score (nSPS) is 11.4. The molecule has 0 aliphatic carbocycles. The summed E-state index contributed by atoms with van der Waals surface area (Å²) in [4.78, 5) is 28.2. The number of hydrogen-bond donors (Lipinski definition) is 0. The molecule has 3 heterocycles. The monoisotopic (exact) mass is 392 g/mol. The predicted octanol–water partition coefficient (Wildman–Crippen LogP) is 2.80. The molecule has 0 spiro atoms. The van der Waals surface area contributed by atoms with Crippen molar-refractivity contribution in [3.05, 3.63) is 68.0 Å². The van der Waals surface area contributed by atoms with Crippen molar-refractivity contribution < 1.29 is 9.53 Å². The molecule has 134 valence electrons. The third-order valence-corrected chi connectivity index (χ3v) is 4.29. The molecule has 0 unspecified atom stereocenters. The minimum Gasteiger partial charge on any atom is -0.456 e. The van der Waals surface area contributed by atoms with Crippen LogP contribution in [0.2, 0.25) is 10.2 Å². The van der Waals surface area contributed by atoms with Gasteiger partial charge < -0.3 is 4.74 Å². The van der Waals surface area contributed by atoms with Crippen LogP contribution in [0.1, 0.15) is 17.0 Å². The molecule has 0 fully saturated rings.